The molecule has 1 saturated carbocycles. The van der Waals surface area contributed by atoms with E-state index < -0.39 is 18.1 Å². The molecule has 0 radical (unpaired) electrons. The van der Waals surface area contributed by atoms with Gasteiger partial charge in [-0.1, -0.05) is 6.42 Å². The van der Waals surface area contributed by atoms with Crippen molar-refractivity contribution < 1.29 is 19.8 Å². The van der Waals surface area contributed by atoms with E-state index in [9.17, 15) is 14.7 Å². The van der Waals surface area contributed by atoms with Gasteiger partial charge in [-0.25, -0.2) is 4.79 Å². The third kappa shape index (κ3) is 2.64. The summed E-state index contributed by atoms with van der Waals surface area (Å²) in [5, 5.41) is 18.6. The lowest BCUT2D eigenvalue weighted by Crippen LogP contribution is -2.45. The highest BCUT2D eigenvalue weighted by Gasteiger charge is 2.41. The van der Waals surface area contributed by atoms with Crippen LogP contribution in [-0.2, 0) is 9.59 Å². The molecule has 2 fully saturated rings. The molecule has 2 aliphatic rings. The van der Waals surface area contributed by atoms with Gasteiger partial charge in [0.1, 0.15) is 6.04 Å². The molecule has 6 nitrogen and oxygen atoms in total. The van der Waals surface area contributed by atoms with Crippen LogP contribution >= 0.6 is 0 Å². The van der Waals surface area contributed by atoms with Gasteiger partial charge in [-0.2, -0.15) is 0 Å². The molecule has 1 amide bonds. The summed E-state index contributed by atoms with van der Waals surface area (Å²) < 4.78 is 0. The molecular formula is C12H20N2O4. The van der Waals surface area contributed by atoms with Crippen LogP contribution in [0.5, 0.6) is 0 Å². The number of rotatable bonds is 2. The first kappa shape index (κ1) is 13.3. The van der Waals surface area contributed by atoms with Gasteiger partial charge in [-0.3, -0.25) is 4.79 Å². The van der Waals surface area contributed by atoms with Gasteiger partial charge in [-0.15, -0.1) is 0 Å². The standard InChI is InChI=1S/C12H20N2O4/c13-8-3-1-2-7(4-8)11(16)14-6-9(15)5-10(14)12(17)18/h7-10,15H,1-6,13H2,(H,17,18)/t7?,8?,9?,10-/m0/s1. The first-order chi connectivity index (χ1) is 8.49. The maximum Gasteiger partial charge on any atom is 0.326 e. The molecule has 102 valence electrons. The maximum atomic E-state index is 12.3. The number of nitrogens with two attached hydrogens (primary N) is 1. The minimum atomic E-state index is -1.04. The summed E-state index contributed by atoms with van der Waals surface area (Å²) in [5.74, 6) is -1.38. The van der Waals surface area contributed by atoms with E-state index in [0.29, 0.717) is 6.42 Å². The number of likely N-dealkylation sites (tertiary alicyclic amines) is 1. The van der Waals surface area contributed by atoms with E-state index in [1.54, 1.807) is 0 Å². The van der Waals surface area contributed by atoms with E-state index in [1.165, 1.54) is 4.90 Å². The summed E-state index contributed by atoms with van der Waals surface area (Å²) >= 11 is 0. The highest BCUT2D eigenvalue weighted by molar-refractivity contribution is 5.86. The predicted octanol–water partition coefficient (Wildman–Crippen LogP) is -0.450. The van der Waals surface area contributed by atoms with Gasteiger partial charge in [0.25, 0.3) is 0 Å². The quantitative estimate of drug-likeness (QED) is 0.621. The number of carboxylic acid groups (broad SMARTS) is 1. The van der Waals surface area contributed by atoms with Crippen LogP contribution in [0.2, 0.25) is 0 Å². The molecule has 1 aliphatic heterocycles. The number of aliphatic carboxylic acids is 1. The Kier molecular flexibility index (Phi) is 3.87. The molecule has 0 spiro atoms. The van der Waals surface area contributed by atoms with Gasteiger partial charge in [-0.05, 0) is 19.3 Å². The van der Waals surface area contributed by atoms with Crippen molar-refractivity contribution in [3.8, 4) is 0 Å². The molecule has 1 aliphatic carbocycles. The van der Waals surface area contributed by atoms with Gasteiger partial charge in [0.05, 0.1) is 6.10 Å². The van der Waals surface area contributed by atoms with Crippen molar-refractivity contribution in [2.75, 3.05) is 6.54 Å². The molecular weight excluding hydrogens is 236 g/mol. The maximum absolute atomic E-state index is 12.3. The average molecular weight is 256 g/mol. The molecule has 18 heavy (non-hydrogen) atoms. The van der Waals surface area contributed by atoms with Gasteiger partial charge in [0.15, 0.2) is 0 Å². The third-order valence-corrected chi connectivity index (χ3v) is 3.91. The first-order valence-corrected chi connectivity index (χ1v) is 6.46. The minimum Gasteiger partial charge on any atom is -0.480 e. The van der Waals surface area contributed by atoms with Crippen LogP contribution in [0.3, 0.4) is 0 Å². The van der Waals surface area contributed by atoms with Crippen molar-refractivity contribution in [1.82, 2.24) is 4.90 Å². The molecule has 4 atom stereocenters. The SMILES string of the molecule is NC1CCCC(C(=O)N2CC(O)C[C@H]2C(=O)O)C1. The largest absolute Gasteiger partial charge is 0.480 e. The second kappa shape index (κ2) is 5.24. The Labute approximate surface area is 106 Å². The molecule has 1 heterocycles. The second-order valence-electron chi connectivity index (χ2n) is 5.36. The molecule has 0 bridgehead atoms. The van der Waals surface area contributed by atoms with Crippen molar-refractivity contribution >= 4 is 11.9 Å². The zero-order valence-corrected chi connectivity index (χ0v) is 10.3. The number of carbonyl (C=O) groups excluding carboxylic acids is 1. The molecule has 0 aromatic heterocycles. The number of hydrogen-bond donors (Lipinski definition) is 3. The van der Waals surface area contributed by atoms with Crippen LogP contribution in [-0.4, -0.2) is 51.7 Å². The lowest BCUT2D eigenvalue weighted by atomic mass is 9.85. The van der Waals surface area contributed by atoms with Crippen molar-refractivity contribution in [2.24, 2.45) is 11.7 Å². The fourth-order valence-corrected chi connectivity index (χ4v) is 2.98. The molecule has 0 aromatic rings. The van der Waals surface area contributed by atoms with Gasteiger partial charge in [0.2, 0.25) is 5.91 Å². The van der Waals surface area contributed by atoms with E-state index in [4.69, 9.17) is 10.8 Å². The number of nitrogens with zero attached hydrogens (tertiary/aromatic N) is 1. The number of aliphatic hydroxyl groups excluding tert-OH is 1. The van der Waals surface area contributed by atoms with Crippen molar-refractivity contribution in [2.45, 2.75) is 50.3 Å². The fourth-order valence-electron chi connectivity index (χ4n) is 2.98. The van der Waals surface area contributed by atoms with E-state index >= 15 is 0 Å². The summed E-state index contributed by atoms with van der Waals surface area (Å²) in [7, 11) is 0. The monoisotopic (exact) mass is 256 g/mol. The van der Waals surface area contributed by atoms with Crippen LogP contribution in [0.1, 0.15) is 32.1 Å². The Morgan fingerprint density at radius 3 is 2.56 bits per heavy atom. The first-order valence-electron chi connectivity index (χ1n) is 6.46. The summed E-state index contributed by atoms with van der Waals surface area (Å²) in [5.41, 5.74) is 5.85. The zero-order chi connectivity index (χ0) is 13.3. The molecule has 0 aromatic carbocycles. The number of carboxylic acids is 1. The summed E-state index contributed by atoms with van der Waals surface area (Å²) in [4.78, 5) is 24.7. The van der Waals surface area contributed by atoms with Crippen molar-refractivity contribution in [1.29, 1.82) is 0 Å². The van der Waals surface area contributed by atoms with Crippen LogP contribution < -0.4 is 5.73 Å². The molecule has 1 saturated heterocycles. The lowest BCUT2D eigenvalue weighted by Gasteiger charge is -2.31. The number of carbonyl (C=O) groups is 2. The van der Waals surface area contributed by atoms with Crippen LogP contribution in [0.15, 0.2) is 0 Å². The van der Waals surface area contributed by atoms with Crippen LogP contribution in [0, 0.1) is 5.92 Å². The van der Waals surface area contributed by atoms with E-state index in [2.05, 4.69) is 0 Å². The van der Waals surface area contributed by atoms with E-state index in [-0.39, 0.29) is 30.8 Å². The Morgan fingerprint density at radius 2 is 1.94 bits per heavy atom. The fraction of sp³-hybridized carbons (Fsp3) is 0.833. The van der Waals surface area contributed by atoms with Gasteiger partial charge in [0, 0.05) is 24.9 Å². The van der Waals surface area contributed by atoms with Crippen LogP contribution in [0.4, 0.5) is 0 Å². The topological polar surface area (TPSA) is 104 Å². The summed E-state index contributed by atoms with van der Waals surface area (Å²) in [6.45, 7) is 0.127. The Hall–Kier alpha value is -1.14. The molecule has 2 rings (SSSR count). The van der Waals surface area contributed by atoms with Crippen LogP contribution in [0.25, 0.3) is 0 Å². The molecule has 4 N–H and O–H groups in total. The summed E-state index contributed by atoms with van der Waals surface area (Å²) in [6.07, 6.45) is 2.62. The highest BCUT2D eigenvalue weighted by atomic mass is 16.4. The molecule has 6 heteroatoms. The van der Waals surface area contributed by atoms with Crippen molar-refractivity contribution in [3.63, 3.8) is 0 Å². The third-order valence-electron chi connectivity index (χ3n) is 3.91. The smallest absolute Gasteiger partial charge is 0.326 e. The zero-order valence-electron chi connectivity index (χ0n) is 10.3. The lowest BCUT2D eigenvalue weighted by molar-refractivity contribution is -0.150. The Balaban J connectivity index is 2.05. The van der Waals surface area contributed by atoms with Gasteiger partial charge >= 0.3 is 5.97 Å². The highest BCUT2D eigenvalue weighted by Crippen LogP contribution is 2.28. The normalized spacial score (nSPS) is 36.7. The number of β-amino-alcohol motifs (C(OH)–C–C–N with tert-alkyl or cyclic N) is 1. The number of aliphatic hydroxyl groups is 1. The van der Waals surface area contributed by atoms with E-state index in [1.807, 2.05) is 0 Å². The van der Waals surface area contributed by atoms with E-state index in [0.717, 1.165) is 19.3 Å². The number of amides is 1. The summed E-state index contributed by atoms with van der Waals surface area (Å²) in [6, 6.07) is -0.853. The second-order valence-corrected chi connectivity index (χ2v) is 5.36. The van der Waals surface area contributed by atoms with Crippen molar-refractivity contribution in [3.05, 3.63) is 0 Å². The Morgan fingerprint density at radius 1 is 1.22 bits per heavy atom. The minimum absolute atomic E-state index is 0.0310. The predicted molar refractivity (Wildman–Crippen MR) is 63.7 cm³/mol. The Bertz CT molecular complexity index is 347. The average Bonchev–Trinajstić information content (AvgIpc) is 2.70. The molecule has 3 unspecified atom stereocenters. The van der Waals surface area contributed by atoms with Gasteiger partial charge < -0.3 is 20.8 Å². The number of hydrogen-bond acceptors (Lipinski definition) is 4.